The zero-order chi connectivity index (χ0) is 26.8. The normalized spacial score (nSPS) is 21.7. The maximum absolute atomic E-state index is 13.4. The van der Waals surface area contributed by atoms with E-state index in [0.29, 0.717) is 31.1 Å². The Kier molecular flexibility index (Phi) is 7.76. The molecule has 1 fully saturated rings. The van der Waals surface area contributed by atoms with E-state index in [0.717, 1.165) is 35.5 Å². The molecule has 2 heterocycles. The number of rotatable bonds is 8. The molecule has 9 heteroatoms. The minimum Gasteiger partial charge on any atom is -0.488 e. The Hall–Kier alpha value is -3.30. The number of nitrogens with one attached hydrogen (secondary N) is 1. The Morgan fingerprint density at radius 3 is 2.68 bits per heavy atom. The summed E-state index contributed by atoms with van der Waals surface area (Å²) in [7, 11) is 2.05. The van der Waals surface area contributed by atoms with Crippen molar-refractivity contribution in [2.45, 2.75) is 51.8 Å². The number of aliphatic hydroxyl groups is 1. The summed E-state index contributed by atoms with van der Waals surface area (Å²) in [5.41, 5.74) is 2.51. The van der Waals surface area contributed by atoms with Crippen LogP contribution in [0.3, 0.4) is 0 Å². The second-order valence-corrected chi connectivity index (χ2v) is 10.9. The monoisotopic (exact) mass is 523 g/mol. The minimum absolute atomic E-state index is 0.00681. The van der Waals surface area contributed by atoms with E-state index >= 15 is 0 Å². The van der Waals surface area contributed by atoms with Gasteiger partial charge in [0.1, 0.15) is 11.9 Å². The Morgan fingerprint density at radius 1 is 1.16 bits per heavy atom. The lowest BCUT2D eigenvalue weighted by molar-refractivity contribution is -0.134. The molecule has 0 aromatic heterocycles. The van der Waals surface area contributed by atoms with Crippen molar-refractivity contribution >= 4 is 17.5 Å². The molecule has 38 heavy (non-hydrogen) atoms. The first-order valence-electron chi connectivity index (χ1n) is 13.4. The molecule has 9 nitrogen and oxygen atoms in total. The molecule has 2 aliphatic heterocycles. The summed E-state index contributed by atoms with van der Waals surface area (Å²) in [5, 5.41) is 12.8. The molecule has 5 rings (SSSR count). The number of benzene rings is 2. The van der Waals surface area contributed by atoms with Crippen LogP contribution in [0.1, 0.15) is 37.8 Å². The van der Waals surface area contributed by atoms with Gasteiger partial charge in [0.15, 0.2) is 11.5 Å². The van der Waals surface area contributed by atoms with E-state index in [-0.39, 0.29) is 55.6 Å². The van der Waals surface area contributed by atoms with Crippen LogP contribution in [0.5, 0.6) is 17.2 Å². The maximum atomic E-state index is 13.4. The quantitative estimate of drug-likeness (QED) is 0.549. The van der Waals surface area contributed by atoms with Crippen LogP contribution in [-0.4, -0.2) is 72.4 Å². The average Bonchev–Trinajstić information content (AvgIpc) is 3.64. The van der Waals surface area contributed by atoms with E-state index in [4.69, 9.17) is 14.2 Å². The molecule has 2 aromatic rings. The van der Waals surface area contributed by atoms with Crippen LogP contribution in [0.2, 0.25) is 0 Å². The molecule has 2 N–H and O–H groups in total. The van der Waals surface area contributed by atoms with Crippen LogP contribution in [0.25, 0.3) is 0 Å². The first-order chi connectivity index (χ1) is 18.3. The lowest BCUT2D eigenvalue weighted by atomic mass is 10.0. The third kappa shape index (κ3) is 6.05. The summed E-state index contributed by atoms with van der Waals surface area (Å²) in [6.07, 6.45) is 1.77. The largest absolute Gasteiger partial charge is 0.488 e. The van der Waals surface area contributed by atoms with Crippen LogP contribution < -0.4 is 19.5 Å². The topological polar surface area (TPSA) is 101 Å². The summed E-state index contributed by atoms with van der Waals surface area (Å²) < 4.78 is 17.6. The molecule has 0 saturated heterocycles. The molecule has 0 spiro atoms. The van der Waals surface area contributed by atoms with E-state index in [1.807, 2.05) is 50.4 Å². The molecule has 2 aromatic carbocycles. The predicted molar refractivity (Wildman–Crippen MR) is 142 cm³/mol. The highest BCUT2D eigenvalue weighted by molar-refractivity contribution is 5.94. The number of carbonyl (C=O) groups excluding carboxylic acids is 2. The fourth-order valence-electron chi connectivity index (χ4n) is 5.04. The van der Waals surface area contributed by atoms with E-state index in [2.05, 4.69) is 17.1 Å². The second-order valence-electron chi connectivity index (χ2n) is 10.9. The molecule has 3 aliphatic rings. The van der Waals surface area contributed by atoms with Crippen molar-refractivity contribution in [2.24, 2.45) is 11.8 Å². The van der Waals surface area contributed by atoms with Gasteiger partial charge in [-0.1, -0.05) is 13.0 Å². The van der Waals surface area contributed by atoms with Crippen LogP contribution in [0.4, 0.5) is 5.69 Å². The Bertz CT molecular complexity index is 1180. The van der Waals surface area contributed by atoms with Gasteiger partial charge in [0, 0.05) is 42.7 Å². The molecule has 204 valence electrons. The number of nitrogens with zero attached hydrogens (tertiary/aromatic N) is 2. The van der Waals surface area contributed by atoms with Crippen LogP contribution >= 0.6 is 0 Å². The highest BCUT2D eigenvalue weighted by Gasteiger charge is 2.32. The summed E-state index contributed by atoms with van der Waals surface area (Å²) in [4.78, 5) is 29.7. The zero-order valence-electron chi connectivity index (χ0n) is 22.3. The molecule has 0 bridgehead atoms. The second kappa shape index (κ2) is 11.2. The van der Waals surface area contributed by atoms with Crippen LogP contribution in [0, 0.1) is 11.8 Å². The lowest BCUT2D eigenvalue weighted by Crippen LogP contribution is -2.47. The number of anilines is 1. The third-order valence-electron chi connectivity index (χ3n) is 7.51. The number of aliphatic hydroxyl groups excluding tert-OH is 1. The number of amides is 2. The van der Waals surface area contributed by atoms with Crippen LogP contribution in [-0.2, 0) is 22.6 Å². The highest BCUT2D eigenvalue weighted by Crippen LogP contribution is 2.34. The number of ether oxygens (including phenoxy) is 3. The first kappa shape index (κ1) is 26.3. The van der Waals surface area contributed by atoms with E-state index < -0.39 is 0 Å². The van der Waals surface area contributed by atoms with Gasteiger partial charge in [-0.2, -0.15) is 0 Å². The number of carbonyl (C=O) groups is 2. The van der Waals surface area contributed by atoms with Crippen molar-refractivity contribution in [2.75, 3.05) is 38.9 Å². The highest BCUT2D eigenvalue weighted by atomic mass is 16.7. The van der Waals surface area contributed by atoms with Crippen molar-refractivity contribution in [3.05, 3.63) is 47.5 Å². The Labute approximate surface area is 223 Å². The number of hydrogen-bond donors (Lipinski definition) is 2. The SMILES string of the molecule is C[C@H]1CN([C@@H](C)CO)C(=O)Cc2cc(NC(=O)C3CC3)ccc2O[C@@H]1CN(C)Cc1ccc2c(c1)OCO2. The predicted octanol–water partition coefficient (Wildman–Crippen LogP) is 3.04. The van der Waals surface area contributed by atoms with E-state index in [1.165, 1.54) is 0 Å². The Morgan fingerprint density at radius 2 is 1.92 bits per heavy atom. The van der Waals surface area contributed by atoms with Crippen LogP contribution in [0.15, 0.2) is 36.4 Å². The zero-order valence-corrected chi connectivity index (χ0v) is 22.3. The molecular weight excluding hydrogens is 486 g/mol. The number of likely N-dealkylation sites (N-methyl/N-ethyl adjacent to an activating group) is 1. The smallest absolute Gasteiger partial charge is 0.231 e. The molecule has 1 saturated carbocycles. The van der Waals surface area contributed by atoms with Gasteiger partial charge in [-0.05, 0) is 62.7 Å². The molecule has 0 unspecified atom stereocenters. The number of hydrogen-bond acceptors (Lipinski definition) is 7. The van der Waals surface area contributed by atoms with Crippen molar-refractivity contribution in [1.82, 2.24) is 9.80 Å². The van der Waals surface area contributed by atoms with Gasteiger partial charge < -0.3 is 29.5 Å². The van der Waals surface area contributed by atoms with Crippen molar-refractivity contribution in [3.8, 4) is 17.2 Å². The van der Waals surface area contributed by atoms with Crippen molar-refractivity contribution < 1.29 is 28.9 Å². The fourth-order valence-corrected chi connectivity index (χ4v) is 5.04. The summed E-state index contributed by atoms with van der Waals surface area (Å²) in [6, 6.07) is 11.2. The van der Waals surface area contributed by atoms with Gasteiger partial charge in [0.25, 0.3) is 0 Å². The molecule has 3 atom stereocenters. The molecule has 0 radical (unpaired) electrons. The molecule has 1 aliphatic carbocycles. The molecular formula is C29H37N3O6. The van der Waals surface area contributed by atoms with Gasteiger partial charge in [-0.3, -0.25) is 14.5 Å². The first-order valence-corrected chi connectivity index (χ1v) is 13.4. The summed E-state index contributed by atoms with van der Waals surface area (Å²) in [5.74, 6) is 2.22. The van der Waals surface area contributed by atoms with E-state index in [9.17, 15) is 14.7 Å². The van der Waals surface area contributed by atoms with E-state index in [1.54, 1.807) is 4.90 Å². The van der Waals surface area contributed by atoms with Crippen molar-refractivity contribution in [1.29, 1.82) is 0 Å². The standard InChI is InChI=1S/C29H37N3O6/c1-18-13-32(19(2)16-33)28(34)12-22-11-23(30-29(35)21-5-6-21)7-9-24(22)38-27(18)15-31(3)14-20-4-8-25-26(10-20)37-17-36-25/h4,7-11,18-19,21,27,33H,5-6,12-17H2,1-3H3,(H,30,35)/t18-,19-,27+/m0/s1. The van der Waals surface area contributed by atoms with Gasteiger partial charge in [-0.15, -0.1) is 0 Å². The third-order valence-corrected chi connectivity index (χ3v) is 7.51. The Balaban J connectivity index is 1.37. The molecule has 2 amide bonds. The lowest BCUT2D eigenvalue weighted by Gasteiger charge is -2.34. The van der Waals surface area contributed by atoms with Gasteiger partial charge in [0.05, 0.1) is 19.1 Å². The van der Waals surface area contributed by atoms with Gasteiger partial charge in [-0.25, -0.2) is 0 Å². The fraction of sp³-hybridized carbons (Fsp3) is 0.517. The van der Waals surface area contributed by atoms with Gasteiger partial charge >= 0.3 is 0 Å². The summed E-state index contributed by atoms with van der Waals surface area (Å²) >= 11 is 0. The van der Waals surface area contributed by atoms with Crippen molar-refractivity contribution in [3.63, 3.8) is 0 Å². The van der Waals surface area contributed by atoms with Gasteiger partial charge in [0.2, 0.25) is 18.6 Å². The maximum Gasteiger partial charge on any atom is 0.231 e. The summed E-state index contributed by atoms with van der Waals surface area (Å²) in [6.45, 7) is 5.87. The minimum atomic E-state index is -0.309. The number of fused-ring (bicyclic) bond motifs is 2. The average molecular weight is 524 g/mol.